The summed E-state index contributed by atoms with van der Waals surface area (Å²) in [7, 11) is 0. The molecule has 2 N–H and O–H groups in total. The van der Waals surface area contributed by atoms with Crippen LogP contribution in [-0.4, -0.2) is 23.0 Å². The molecule has 0 aromatic rings. The van der Waals surface area contributed by atoms with E-state index in [0.29, 0.717) is 19.3 Å². The molecule has 1 aliphatic rings. The van der Waals surface area contributed by atoms with Crippen LogP contribution < -0.4 is 5.32 Å². The molecule has 1 rings (SSSR count). The molecular formula is C14H25NO3. The average molecular weight is 255 g/mol. The first kappa shape index (κ1) is 15.0. The molecule has 1 fully saturated rings. The van der Waals surface area contributed by atoms with Gasteiger partial charge in [-0.05, 0) is 37.5 Å². The van der Waals surface area contributed by atoms with Crippen LogP contribution in [0.1, 0.15) is 59.3 Å². The van der Waals surface area contributed by atoms with Crippen LogP contribution in [0.5, 0.6) is 0 Å². The molecule has 0 radical (unpaired) electrons. The molecule has 0 heterocycles. The lowest BCUT2D eigenvalue weighted by Crippen LogP contribution is -2.33. The minimum atomic E-state index is -0.737. The molecule has 0 unspecified atom stereocenters. The van der Waals surface area contributed by atoms with Crippen molar-refractivity contribution in [2.45, 2.75) is 65.3 Å². The van der Waals surface area contributed by atoms with Gasteiger partial charge >= 0.3 is 5.97 Å². The Kier molecular flexibility index (Phi) is 5.17. The molecular weight excluding hydrogens is 230 g/mol. The van der Waals surface area contributed by atoms with E-state index in [1.54, 1.807) is 0 Å². The first-order valence-electron chi connectivity index (χ1n) is 6.80. The van der Waals surface area contributed by atoms with E-state index in [9.17, 15) is 9.59 Å². The summed E-state index contributed by atoms with van der Waals surface area (Å²) in [5.74, 6) is -0.945. The van der Waals surface area contributed by atoms with Gasteiger partial charge in [0.2, 0.25) is 5.91 Å². The summed E-state index contributed by atoms with van der Waals surface area (Å²) in [6.07, 6.45) is 4.53. The summed E-state index contributed by atoms with van der Waals surface area (Å²) in [6.45, 7) is 6.50. The third-order valence-corrected chi connectivity index (χ3v) is 3.48. The Labute approximate surface area is 109 Å². The van der Waals surface area contributed by atoms with Gasteiger partial charge in [-0.2, -0.15) is 0 Å². The number of rotatable bonds is 5. The molecule has 1 aliphatic carbocycles. The van der Waals surface area contributed by atoms with Gasteiger partial charge in [-0.1, -0.05) is 20.8 Å². The van der Waals surface area contributed by atoms with Crippen molar-refractivity contribution < 1.29 is 14.7 Å². The van der Waals surface area contributed by atoms with Gasteiger partial charge in [0.05, 0.1) is 5.92 Å². The Morgan fingerprint density at radius 1 is 1.28 bits per heavy atom. The molecule has 0 aromatic carbocycles. The third kappa shape index (κ3) is 5.52. The van der Waals surface area contributed by atoms with Crippen molar-refractivity contribution in [1.82, 2.24) is 5.32 Å². The SMILES string of the molecule is CC(C)(C)CCCC(=O)N[C@H]1CC[C@@H](C(=O)O)C1. The summed E-state index contributed by atoms with van der Waals surface area (Å²) < 4.78 is 0. The predicted octanol–water partition coefficient (Wildman–Crippen LogP) is 2.57. The van der Waals surface area contributed by atoms with Gasteiger partial charge in [0.25, 0.3) is 0 Å². The van der Waals surface area contributed by atoms with Crippen molar-refractivity contribution >= 4 is 11.9 Å². The number of carbonyl (C=O) groups excluding carboxylic acids is 1. The van der Waals surface area contributed by atoms with Crippen LogP contribution in [0.25, 0.3) is 0 Å². The molecule has 104 valence electrons. The molecule has 0 bridgehead atoms. The molecule has 1 amide bonds. The number of hydrogen-bond donors (Lipinski definition) is 2. The summed E-state index contributed by atoms with van der Waals surface area (Å²) in [5.41, 5.74) is 0.266. The van der Waals surface area contributed by atoms with Crippen LogP contribution >= 0.6 is 0 Å². The van der Waals surface area contributed by atoms with Gasteiger partial charge in [0.1, 0.15) is 0 Å². The van der Waals surface area contributed by atoms with E-state index in [0.717, 1.165) is 19.3 Å². The van der Waals surface area contributed by atoms with Crippen LogP contribution in [0, 0.1) is 11.3 Å². The minimum absolute atomic E-state index is 0.0632. The van der Waals surface area contributed by atoms with E-state index in [2.05, 4.69) is 26.1 Å². The minimum Gasteiger partial charge on any atom is -0.481 e. The quantitative estimate of drug-likeness (QED) is 0.793. The molecule has 0 aliphatic heterocycles. The molecule has 0 saturated heterocycles. The van der Waals surface area contributed by atoms with Crippen molar-refractivity contribution in [1.29, 1.82) is 0 Å². The summed E-state index contributed by atoms with van der Waals surface area (Å²) >= 11 is 0. The van der Waals surface area contributed by atoms with Crippen LogP contribution in [0.15, 0.2) is 0 Å². The normalized spacial score (nSPS) is 23.9. The summed E-state index contributed by atoms with van der Waals surface area (Å²) in [6, 6.07) is 0.0632. The van der Waals surface area contributed by atoms with E-state index in [4.69, 9.17) is 5.11 Å². The van der Waals surface area contributed by atoms with E-state index < -0.39 is 5.97 Å². The largest absolute Gasteiger partial charge is 0.481 e. The maximum atomic E-state index is 11.7. The molecule has 2 atom stereocenters. The molecule has 4 heteroatoms. The lowest BCUT2D eigenvalue weighted by Gasteiger charge is -2.18. The Morgan fingerprint density at radius 2 is 1.94 bits per heavy atom. The Balaban J connectivity index is 2.20. The number of nitrogens with one attached hydrogen (secondary N) is 1. The number of carboxylic acid groups (broad SMARTS) is 1. The van der Waals surface area contributed by atoms with Crippen molar-refractivity contribution in [3.05, 3.63) is 0 Å². The van der Waals surface area contributed by atoms with Crippen LogP contribution in [0.3, 0.4) is 0 Å². The van der Waals surface area contributed by atoms with E-state index in [-0.39, 0.29) is 23.3 Å². The lowest BCUT2D eigenvalue weighted by molar-refractivity contribution is -0.141. The zero-order chi connectivity index (χ0) is 13.8. The molecule has 18 heavy (non-hydrogen) atoms. The van der Waals surface area contributed by atoms with Crippen LogP contribution in [0.2, 0.25) is 0 Å². The van der Waals surface area contributed by atoms with Crippen molar-refractivity contribution in [3.8, 4) is 0 Å². The highest BCUT2D eigenvalue weighted by molar-refractivity contribution is 5.76. The first-order chi connectivity index (χ1) is 8.28. The lowest BCUT2D eigenvalue weighted by atomic mass is 9.90. The van der Waals surface area contributed by atoms with Crippen LogP contribution in [0.4, 0.5) is 0 Å². The molecule has 0 spiro atoms. The second-order valence-electron chi connectivity index (χ2n) is 6.53. The van der Waals surface area contributed by atoms with E-state index in [1.807, 2.05) is 0 Å². The zero-order valence-electron chi connectivity index (χ0n) is 11.7. The molecule has 4 nitrogen and oxygen atoms in total. The Bertz CT molecular complexity index is 307. The number of amides is 1. The average Bonchev–Trinajstić information content (AvgIpc) is 2.64. The molecule has 0 aromatic heterocycles. The highest BCUT2D eigenvalue weighted by Crippen LogP contribution is 2.26. The number of hydrogen-bond acceptors (Lipinski definition) is 2. The highest BCUT2D eigenvalue weighted by atomic mass is 16.4. The Hall–Kier alpha value is -1.06. The first-order valence-corrected chi connectivity index (χ1v) is 6.80. The number of aliphatic carboxylic acids is 1. The van der Waals surface area contributed by atoms with Crippen molar-refractivity contribution in [2.24, 2.45) is 11.3 Å². The maximum absolute atomic E-state index is 11.7. The van der Waals surface area contributed by atoms with Gasteiger partial charge in [0, 0.05) is 12.5 Å². The second kappa shape index (κ2) is 6.21. The van der Waals surface area contributed by atoms with Gasteiger partial charge in [-0.15, -0.1) is 0 Å². The van der Waals surface area contributed by atoms with Gasteiger partial charge in [-0.25, -0.2) is 0 Å². The fourth-order valence-corrected chi connectivity index (χ4v) is 2.42. The number of carbonyl (C=O) groups is 2. The fourth-order valence-electron chi connectivity index (χ4n) is 2.42. The van der Waals surface area contributed by atoms with Crippen molar-refractivity contribution in [3.63, 3.8) is 0 Å². The summed E-state index contributed by atoms with van der Waals surface area (Å²) in [5, 5.41) is 11.8. The monoisotopic (exact) mass is 255 g/mol. The highest BCUT2D eigenvalue weighted by Gasteiger charge is 2.30. The topological polar surface area (TPSA) is 66.4 Å². The van der Waals surface area contributed by atoms with Crippen LogP contribution in [-0.2, 0) is 9.59 Å². The van der Waals surface area contributed by atoms with E-state index >= 15 is 0 Å². The second-order valence-corrected chi connectivity index (χ2v) is 6.53. The third-order valence-electron chi connectivity index (χ3n) is 3.48. The van der Waals surface area contributed by atoms with Gasteiger partial charge in [0.15, 0.2) is 0 Å². The van der Waals surface area contributed by atoms with Gasteiger partial charge < -0.3 is 10.4 Å². The molecule has 1 saturated carbocycles. The smallest absolute Gasteiger partial charge is 0.306 e. The standard InChI is InChI=1S/C14H25NO3/c1-14(2,3)8-4-5-12(16)15-11-7-6-10(9-11)13(17)18/h10-11H,4-9H2,1-3H3,(H,15,16)(H,17,18)/t10-,11+/m1/s1. The van der Waals surface area contributed by atoms with E-state index in [1.165, 1.54) is 0 Å². The van der Waals surface area contributed by atoms with Crippen molar-refractivity contribution in [2.75, 3.05) is 0 Å². The predicted molar refractivity (Wildman–Crippen MR) is 70.2 cm³/mol. The Morgan fingerprint density at radius 3 is 2.44 bits per heavy atom. The maximum Gasteiger partial charge on any atom is 0.306 e. The fraction of sp³-hybridized carbons (Fsp3) is 0.857. The summed E-state index contributed by atoms with van der Waals surface area (Å²) in [4.78, 5) is 22.5. The zero-order valence-corrected chi connectivity index (χ0v) is 11.7. The van der Waals surface area contributed by atoms with Gasteiger partial charge in [-0.3, -0.25) is 9.59 Å². The number of carboxylic acids is 1.